The number of carbonyl (C=O) groups is 1. The maximum atomic E-state index is 12.5. The normalized spacial score (nSPS) is 15.9. The first kappa shape index (κ1) is 18.5. The second-order valence-electron chi connectivity index (χ2n) is 7.85. The summed E-state index contributed by atoms with van der Waals surface area (Å²) in [5, 5.41) is 15.7. The number of hydrogen-bond donors (Lipinski definition) is 2. The smallest absolute Gasteiger partial charge is 0.263 e. The highest BCUT2D eigenvalue weighted by Crippen LogP contribution is 2.24. The molecule has 0 bridgehead atoms. The summed E-state index contributed by atoms with van der Waals surface area (Å²) in [6.45, 7) is 7.32. The number of amides is 1. The van der Waals surface area contributed by atoms with Crippen molar-refractivity contribution in [3.8, 4) is 0 Å². The van der Waals surface area contributed by atoms with Gasteiger partial charge >= 0.3 is 0 Å². The first-order valence-corrected chi connectivity index (χ1v) is 10.0. The molecular formula is C17H22N8O2S. The van der Waals surface area contributed by atoms with E-state index in [9.17, 15) is 9.59 Å². The molecule has 28 heavy (non-hydrogen) atoms. The zero-order chi connectivity index (χ0) is 19.9. The summed E-state index contributed by atoms with van der Waals surface area (Å²) in [7, 11) is 0. The number of carbonyl (C=O) groups excluding carboxylic acids is 1. The Morgan fingerprint density at radius 3 is 2.71 bits per heavy atom. The average Bonchev–Trinajstić information content (AvgIpc) is 3.31. The molecule has 1 saturated heterocycles. The molecule has 3 aromatic heterocycles. The molecule has 2 N–H and O–H groups in total. The van der Waals surface area contributed by atoms with Gasteiger partial charge in [0.15, 0.2) is 5.65 Å². The molecule has 11 heteroatoms. The second kappa shape index (κ2) is 6.97. The van der Waals surface area contributed by atoms with Gasteiger partial charge < -0.3 is 10.2 Å². The molecule has 148 valence electrons. The number of nitrogens with zero attached hydrogens (tertiary/aromatic N) is 6. The largest absolute Gasteiger partial charge is 0.342 e. The predicted molar refractivity (Wildman–Crippen MR) is 107 cm³/mol. The summed E-state index contributed by atoms with van der Waals surface area (Å²) in [5.41, 5.74) is 1.67. The third kappa shape index (κ3) is 3.49. The van der Waals surface area contributed by atoms with E-state index in [1.54, 1.807) is 16.4 Å². The van der Waals surface area contributed by atoms with Crippen LogP contribution in [0.1, 0.15) is 33.6 Å². The number of fused-ring (bicyclic) bond motifs is 1. The highest BCUT2D eigenvalue weighted by Gasteiger charge is 2.28. The molecule has 1 aliphatic rings. The van der Waals surface area contributed by atoms with Gasteiger partial charge in [0, 0.05) is 19.0 Å². The molecule has 0 unspecified atom stereocenters. The van der Waals surface area contributed by atoms with E-state index in [2.05, 4.69) is 30.6 Å². The summed E-state index contributed by atoms with van der Waals surface area (Å²) in [6, 6.07) is 0. The van der Waals surface area contributed by atoms with Crippen molar-refractivity contribution in [1.82, 2.24) is 29.9 Å². The van der Waals surface area contributed by atoms with E-state index in [1.807, 2.05) is 25.7 Å². The lowest BCUT2D eigenvalue weighted by Crippen LogP contribution is -2.39. The summed E-state index contributed by atoms with van der Waals surface area (Å²) in [6.07, 6.45) is 2.90. The predicted octanol–water partition coefficient (Wildman–Crippen LogP) is 1.58. The zero-order valence-corrected chi connectivity index (χ0v) is 16.8. The minimum absolute atomic E-state index is 0.0425. The molecule has 0 spiro atoms. The van der Waals surface area contributed by atoms with Gasteiger partial charge in [0.1, 0.15) is 10.9 Å². The van der Waals surface area contributed by atoms with Crippen LogP contribution < -0.4 is 15.8 Å². The number of aromatic amines is 1. The van der Waals surface area contributed by atoms with Crippen LogP contribution in [-0.2, 0) is 10.3 Å². The molecule has 0 aromatic carbocycles. The van der Waals surface area contributed by atoms with Crippen LogP contribution in [0.4, 0.5) is 11.1 Å². The topological polar surface area (TPSA) is 122 Å². The Kier molecular flexibility index (Phi) is 4.61. The number of piperidine rings is 1. The average molecular weight is 402 g/mol. The number of aromatic nitrogens is 6. The van der Waals surface area contributed by atoms with E-state index in [-0.39, 0.29) is 22.9 Å². The van der Waals surface area contributed by atoms with Crippen LogP contribution in [-0.4, -0.2) is 48.9 Å². The molecule has 1 amide bonds. The zero-order valence-electron chi connectivity index (χ0n) is 16.0. The molecule has 4 rings (SSSR count). The number of hydrogen-bond acceptors (Lipinski definition) is 8. The fourth-order valence-electron chi connectivity index (χ4n) is 3.34. The van der Waals surface area contributed by atoms with Gasteiger partial charge in [0.05, 0.1) is 11.7 Å². The van der Waals surface area contributed by atoms with Gasteiger partial charge in [-0.15, -0.1) is 10.2 Å². The molecule has 10 nitrogen and oxygen atoms in total. The molecule has 3 aromatic rings. The van der Waals surface area contributed by atoms with Crippen LogP contribution in [0.2, 0.25) is 0 Å². The van der Waals surface area contributed by atoms with Gasteiger partial charge in [-0.05, 0) is 33.6 Å². The molecule has 1 fully saturated rings. The Bertz CT molecular complexity index is 1040. The molecule has 0 saturated carbocycles. The summed E-state index contributed by atoms with van der Waals surface area (Å²) in [4.78, 5) is 34.4. The monoisotopic (exact) mass is 402 g/mol. The van der Waals surface area contributed by atoms with Crippen LogP contribution in [0, 0.1) is 5.92 Å². The van der Waals surface area contributed by atoms with E-state index in [1.165, 1.54) is 11.3 Å². The molecule has 4 heterocycles. The van der Waals surface area contributed by atoms with Crippen molar-refractivity contribution in [2.45, 2.75) is 39.2 Å². The van der Waals surface area contributed by atoms with Crippen molar-refractivity contribution in [3.05, 3.63) is 22.1 Å². The minimum atomic E-state index is -0.282. The molecule has 0 aliphatic carbocycles. The lowest BCUT2D eigenvalue weighted by molar-refractivity contribution is -0.120. The van der Waals surface area contributed by atoms with E-state index >= 15 is 0 Å². The summed E-state index contributed by atoms with van der Waals surface area (Å²) < 4.78 is 1.77. The first-order valence-electron chi connectivity index (χ1n) is 9.13. The molecule has 0 radical (unpaired) electrons. The number of anilines is 2. The number of nitrogens with one attached hydrogen (secondary N) is 2. The quantitative estimate of drug-likeness (QED) is 0.682. The summed E-state index contributed by atoms with van der Waals surface area (Å²) >= 11 is 1.30. The Morgan fingerprint density at radius 1 is 1.32 bits per heavy atom. The SMILES string of the molecule is CC(C)(C)n1ncc2c(=O)[nH]c(N3CCC(C(=O)Nc4nncs4)CC3)nc21. The van der Waals surface area contributed by atoms with Gasteiger partial charge in [-0.3, -0.25) is 14.6 Å². The highest BCUT2D eigenvalue weighted by molar-refractivity contribution is 7.13. The van der Waals surface area contributed by atoms with Gasteiger partial charge in [-0.25, -0.2) is 4.68 Å². The van der Waals surface area contributed by atoms with Crippen molar-refractivity contribution < 1.29 is 4.79 Å². The fraction of sp³-hybridized carbons (Fsp3) is 0.529. The minimum Gasteiger partial charge on any atom is -0.342 e. The van der Waals surface area contributed by atoms with E-state index in [0.717, 1.165) is 0 Å². The van der Waals surface area contributed by atoms with E-state index in [0.29, 0.717) is 48.0 Å². The first-order chi connectivity index (χ1) is 13.3. The standard InChI is InChI=1S/C17H22N8O2S/c1-17(2,3)25-12-11(8-19-25)14(27)21-15(20-12)24-6-4-10(5-7-24)13(26)22-16-23-18-9-28-16/h8-10H,4-7H2,1-3H3,(H,20,21,27)(H,22,23,26). The highest BCUT2D eigenvalue weighted by atomic mass is 32.1. The Morgan fingerprint density at radius 2 is 2.07 bits per heavy atom. The van der Waals surface area contributed by atoms with Crippen LogP contribution in [0.3, 0.4) is 0 Å². The Labute approximate surface area is 165 Å². The van der Waals surface area contributed by atoms with Crippen molar-refractivity contribution in [2.24, 2.45) is 5.92 Å². The van der Waals surface area contributed by atoms with Crippen molar-refractivity contribution >= 4 is 39.4 Å². The second-order valence-corrected chi connectivity index (χ2v) is 8.68. The van der Waals surface area contributed by atoms with Crippen LogP contribution in [0.5, 0.6) is 0 Å². The van der Waals surface area contributed by atoms with Crippen LogP contribution in [0.25, 0.3) is 11.0 Å². The Balaban J connectivity index is 1.51. The lowest BCUT2D eigenvalue weighted by atomic mass is 9.96. The van der Waals surface area contributed by atoms with Crippen molar-refractivity contribution in [2.75, 3.05) is 23.3 Å². The van der Waals surface area contributed by atoms with Gasteiger partial charge in [-0.1, -0.05) is 11.3 Å². The van der Waals surface area contributed by atoms with E-state index < -0.39 is 0 Å². The van der Waals surface area contributed by atoms with E-state index in [4.69, 9.17) is 0 Å². The molecule has 0 atom stereocenters. The van der Waals surface area contributed by atoms with Gasteiger partial charge in [0.2, 0.25) is 17.0 Å². The number of rotatable bonds is 3. The molecular weight excluding hydrogens is 380 g/mol. The van der Waals surface area contributed by atoms with Crippen LogP contribution in [0.15, 0.2) is 16.5 Å². The third-order valence-corrected chi connectivity index (χ3v) is 5.42. The summed E-state index contributed by atoms with van der Waals surface area (Å²) in [5.74, 6) is 0.376. The fourth-order valence-corrected chi connectivity index (χ4v) is 3.78. The Hall–Kier alpha value is -2.82. The van der Waals surface area contributed by atoms with Crippen LogP contribution >= 0.6 is 11.3 Å². The van der Waals surface area contributed by atoms with Crippen molar-refractivity contribution in [1.29, 1.82) is 0 Å². The van der Waals surface area contributed by atoms with Gasteiger partial charge in [-0.2, -0.15) is 10.1 Å². The van der Waals surface area contributed by atoms with Gasteiger partial charge in [0.25, 0.3) is 5.56 Å². The maximum absolute atomic E-state index is 12.5. The molecule has 1 aliphatic heterocycles. The number of H-pyrrole nitrogens is 1. The third-order valence-electron chi connectivity index (χ3n) is 4.82. The van der Waals surface area contributed by atoms with Crippen molar-refractivity contribution in [3.63, 3.8) is 0 Å². The lowest BCUT2D eigenvalue weighted by Gasteiger charge is -2.31. The maximum Gasteiger partial charge on any atom is 0.263 e.